The van der Waals surface area contributed by atoms with E-state index < -0.39 is 0 Å². The second-order valence-corrected chi connectivity index (χ2v) is 6.42. The first-order chi connectivity index (χ1) is 6.74. The van der Waals surface area contributed by atoms with Gasteiger partial charge in [-0.25, -0.2) is 0 Å². The van der Waals surface area contributed by atoms with E-state index >= 15 is 0 Å². The molecule has 2 atom stereocenters. The van der Waals surface area contributed by atoms with Crippen molar-refractivity contribution in [3.63, 3.8) is 0 Å². The molecule has 0 aromatic carbocycles. The first-order valence-electron chi connectivity index (χ1n) is 5.09. The minimum atomic E-state index is -0.0781. The van der Waals surface area contributed by atoms with Gasteiger partial charge >= 0.3 is 5.97 Å². The van der Waals surface area contributed by atoms with Crippen molar-refractivity contribution < 1.29 is 9.53 Å². The van der Waals surface area contributed by atoms with Crippen molar-refractivity contribution in [3.8, 4) is 0 Å². The number of esters is 1. The zero-order chi connectivity index (χ0) is 10.4. The highest BCUT2D eigenvalue weighted by molar-refractivity contribution is 8.77. The molecule has 1 heterocycles. The lowest BCUT2D eigenvalue weighted by molar-refractivity contribution is -0.140. The Morgan fingerprint density at radius 1 is 1.64 bits per heavy atom. The van der Waals surface area contributed by atoms with Gasteiger partial charge in [-0.3, -0.25) is 4.79 Å². The second-order valence-electron chi connectivity index (χ2n) is 3.69. The van der Waals surface area contributed by atoms with E-state index in [-0.39, 0.29) is 5.97 Å². The molecule has 82 valence electrons. The zero-order valence-electron chi connectivity index (χ0n) is 8.82. The maximum Gasteiger partial charge on any atom is 0.305 e. The van der Waals surface area contributed by atoms with Crippen LogP contribution in [-0.2, 0) is 9.53 Å². The summed E-state index contributed by atoms with van der Waals surface area (Å²) in [4.78, 5) is 10.9. The van der Waals surface area contributed by atoms with Gasteiger partial charge in [-0.15, -0.1) is 0 Å². The van der Waals surface area contributed by atoms with Crippen LogP contribution in [0.2, 0.25) is 0 Å². The van der Waals surface area contributed by atoms with Crippen molar-refractivity contribution in [1.82, 2.24) is 0 Å². The van der Waals surface area contributed by atoms with E-state index in [1.54, 1.807) is 0 Å². The highest BCUT2D eigenvalue weighted by Gasteiger charge is 2.22. The standard InChI is InChI=1S/C10H18O2S2/c1-8(9-6-7-13-14-9)4-3-5-10(11)12-2/h8-9H,3-7H2,1-2H3. The average molecular weight is 234 g/mol. The molecule has 1 fully saturated rings. The van der Waals surface area contributed by atoms with Crippen LogP contribution in [0.4, 0.5) is 0 Å². The Kier molecular flexibility index (Phi) is 5.78. The Labute approximate surface area is 93.9 Å². The number of carbonyl (C=O) groups excluding carboxylic acids is 1. The Morgan fingerprint density at radius 3 is 3.00 bits per heavy atom. The van der Waals surface area contributed by atoms with Gasteiger partial charge in [0.1, 0.15) is 0 Å². The van der Waals surface area contributed by atoms with Crippen molar-refractivity contribution in [1.29, 1.82) is 0 Å². The van der Waals surface area contributed by atoms with Gasteiger partial charge in [0.15, 0.2) is 0 Å². The summed E-state index contributed by atoms with van der Waals surface area (Å²) in [6.07, 6.45) is 4.02. The van der Waals surface area contributed by atoms with Gasteiger partial charge in [0, 0.05) is 17.4 Å². The molecule has 0 aromatic rings. The lowest BCUT2D eigenvalue weighted by atomic mass is 9.98. The summed E-state index contributed by atoms with van der Waals surface area (Å²) >= 11 is 0. The SMILES string of the molecule is COC(=O)CCCC(C)C1CCSS1. The summed E-state index contributed by atoms with van der Waals surface area (Å²) in [5.41, 5.74) is 0. The molecule has 2 nitrogen and oxygen atoms in total. The molecule has 0 amide bonds. The predicted molar refractivity (Wildman–Crippen MR) is 63.5 cm³/mol. The predicted octanol–water partition coefficient (Wildman–Crippen LogP) is 3.12. The van der Waals surface area contributed by atoms with Gasteiger partial charge in [-0.1, -0.05) is 28.5 Å². The van der Waals surface area contributed by atoms with E-state index in [2.05, 4.69) is 11.7 Å². The molecule has 0 bridgehead atoms. The summed E-state index contributed by atoms with van der Waals surface area (Å²) in [7, 11) is 5.45. The van der Waals surface area contributed by atoms with E-state index in [9.17, 15) is 4.79 Å². The minimum Gasteiger partial charge on any atom is -0.469 e. The minimum absolute atomic E-state index is 0.0781. The molecule has 1 rings (SSSR count). The molecule has 0 spiro atoms. The van der Waals surface area contributed by atoms with Gasteiger partial charge in [0.2, 0.25) is 0 Å². The van der Waals surface area contributed by atoms with Crippen LogP contribution in [0, 0.1) is 5.92 Å². The van der Waals surface area contributed by atoms with E-state index in [4.69, 9.17) is 0 Å². The topological polar surface area (TPSA) is 26.3 Å². The molecule has 0 saturated carbocycles. The van der Waals surface area contributed by atoms with E-state index in [1.165, 1.54) is 19.3 Å². The first-order valence-corrected chi connectivity index (χ1v) is 7.47. The maximum absolute atomic E-state index is 10.9. The average Bonchev–Trinajstić information content (AvgIpc) is 2.70. The highest BCUT2D eigenvalue weighted by atomic mass is 33.1. The summed E-state index contributed by atoms with van der Waals surface area (Å²) in [6.45, 7) is 2.29. The van der Waals surface area contributed by atoms with E-state index in [1.807, 2.05) is 21.6 Å². The number of hydrogen-bond acceptors (Lipinski definition) is 4. The van der Waals surface area contributed by atoms with E-state index in [0.29, 0.717) is 6.42 Å². The monoisotopic (exact) mass is 234 g/mol. The molecular weight excluding hydrogens is 216 g/mol. The summed E-state index contributed by atoms with van der Waals surface area (Å²) in [6, 6.07) is 0. The molecule has 0 radical (unpaired) electrons. The Hall–Kier alpha value is 0.170. The van der Waals surface area contributed by atoms with Crippen molar-refractivity contribution in [2.45, 2.75) is 37.9 Å². The van der Waals surface area contributed by atoms with Crippen LogP contribution in [0.15, 0.2) is 0 Å². The van der Waals surface area contributed by atoms with Crippen molar-refractivity contribution in [2.75, 3.05) is 12.9 Å². The Bertz CT molecular complexity index is 179. The van der Waals surface area contributed by atoms with Gasteiger partial charge in [-0.2, -0.15) is 0 Å². The molecule has 1 aliphatic heterocycles. The van der Waals surface area contributed by atoms with Crippen LogP contribution >= 0.6 is 21.6 Å². The molecule has 2 unspecified atom stereocenters. The fourth-order valence-electron chi connectivity index (χ4n) is 1.58. The fraction of sp³-hybridized carbons (Fsp3) is 0.900. The van der Waals surface area contributed by atoms with Crippen LogP contribution in [0.1, 0.15) is 32.6 Å². The zero-order valence-corrected chi connectivity index (χ0v) is 10.5. The Morgan fingerprint density at radius 2 is 2.43 bits per heavy atom. The first kappa shape index (κ1) is 12.2. The van der Waals surface area contributed by atoms with Crippen LogP contribution in [0.25, 0.3) is 0 Å². The molecule has 1 saturated heterocycles. The third kappa shape index (κ3) is 4.13. The lowest BCUT2D eigenvalue weighted by Crippen LogP contribution is -2.11. The maximum atomic E-state index is 10.9. The normalized spacial score (nSPS) is 23.4. The number of rotatable bonds is 5. The summed E-state index contributed by atoms with van der Waals surface area (Å²) in [5, 5.41) is 0.803. The van der Waals surface area contributed by atoms with Gasteiger partial charge in [0.25, 0.3) is 0 Å². The summed E-state index contributed by atoms with van der Waals surface area (Å²) < 4.78 is 4.61. The molecule has 14 heavy (non-hydrogen) atoms. The fourth-order valence-corrected chi connectivity index (χ4v) is 4.85. The van der Waals surface area contributed by atoms with Crippen LogP contribution < -0.4 is 0 Å². The van der Waals surface area contributed by atoms with Crippen molar-refractivity contribution >= 4 is 27.6 Å². The quantitative estimate of drug-likeness (QED) is 0.539. The number of carbonyl (C=O) groups is 1. The number of hydrogen-bond donors (Lipinski definition) is 0. The lowest BCUT2D eigenvalue weighted by Gasteiger charge is -2.16. The smallest absolute Gasteiger partial charge is 0.305 e. The number of ether oxygens (including phenoxy) is 1. The van der Waals surface area contributed by atoms with Crippen LogP contribution in [-0.4, -0.2) is 24.1 Å². The second kappa shape index (κ2) is 6.62. The van der Waals surface area contributed by atoms with E-state index in [0.717, 1.165) is 24.0 Å². The largest absolute Gasteiger partial charge is 0.469 e. The molecular formula is C10H18O2S2. The number of methoxy groups -OCH3 is 1. The molecule has 0 aliphatic carbocycles. The Balaban J connectivity index is 2.08. The summed E-state index contributed by atoms with van der Waals surface area (Å²) in [5.74, 6) is 1.95. The van der Waals surface area contributed by atoms with Crippen molar-refractivity contribution in [3.05, 3.63) is 0 Å². The molecule has 1 aliphatic rings. The molecule has 0 aromatic heterocycles. The van der Waals surface area contributed by atoms with Gasteiger partial charge < -0.3 is 4.74 Å². The van der Waals surface area contributed by atoms with Crippen LogP contribution in [0.5, 0.6) is 0 Å². The van der Waals surface area contributed by atoms with Crippen LogP contribution in [0.3, 0.4) is 0 Å². The van der Waals surface area contributed by atoms with Gasteiger partial charge in [-0.05, 0) is 25.2 Å². The third-order valence-electron chi connectivity index (χ3n) is 2.58. The third-order valence-corrected chi connectivity index (χ3v) is 5.72. The molecule has 0 N–H and O–H groups in total. The van der Waals surface area contributed by atoms with Gasteiger partial charge in [0.05, 0.1) is 7.11 Å². The molecule has 4 heteroatoms. The highest BCUT2D eigenvalue weighted by Crippen LogP contribution is 2.42. The van der Waals surface area contributed by atoms with Crippen molar-refractivity contribution in [2.24, 2.45) is 5.92 Å².